The molecule has 0 unspecified atom stereocenters. The van der Waals surface area contributed by atoms with Crippen LogP contribution in [0.3, 0.4) is 0 Å². The Morgan fingerprint density at radius 3 is 2.58 bits per heavy atom. The van der Waals surface area contributed by atoms with Gasteiger partial charge in [0.25, 0.3) is 11.7 Å². The number of hydrazone groups is 1. The number of aromatic hydroxyl groups is 1. The van der Waals surface area contributed by atoms with Gasteiger partial charge >= 0.3 is 5.16 Å². The minimum atomic E-state index is -0.204. The third kappa shape index (κ3) is 5.94. The first-order valence-corrected chi connectivity index (χ1v) is 12.4. The van der Waals surface area contributed by atoms with Crippen LogP contribution in [0.2, 0.25) is 5.02 Å². The summed E-state index contributed by atoms with van der Waals surface area (Å²) in [7, 11) is 0. The van der Waals surface area contributed by atoms with Crippen LogP contribution in [0.15, 0.2) is 58.8 Å². The van der Waals surface area contributed by atoms with Crippen LogP contribution in [0, 0.1) is 0 Å². The molecule has 2 aromatic carbocycles. The first-order chi connectivity index (χ1) is 16.0. The molecule has 3 N–H and O–H groups in total. The van der Waals surface area contributed by atoms with E-state index in [-0.39, 0.29) is 17.4 Å². The number of hydrogen-bond donors (Lipinski definition) is 3. The highest BCUT2D eigenvalue weighted by Gasteiger charge is 2.30. The molecule has 3 aromatic rings. The number of phenolic OH excluding ortho intramolecular Hbond substituents is 1. The number of nitrogens with one attached hydrogen (secondary N) is 2. The summed E-state index contributed by atoms with van der Waals surface area (Å²) in [4.78, 5) is 12.5. The van der Waals surface area contributed by atoms with E-state index in [2.05, 4.69) is 25.3 Å². The summed E-state index contributed by atoms with van der Waals surface area (Å²) in [6.07, 6.45) is 5.84. The number of aromatic amines is 1. The lowest BCUT2D eigenvalue weighted by Crippen LogP contribution is -2.43. The van der Waals surface area contributed by atoms with E-state index in [0.29, 0.717) is 16.8 Å². The van der Waals surface area contributed by atoms with Gasteiger partial charge in [0.1, 0.15) is 5.75 Å². The van der Waals surface area contributed by atoms with Crippen molar-refractivity contribution in [3.05, 3.63) is 59.1 Å². The highest BCUT2D eigenvalue weighted by molar-refractivity contribution is 7.99. The Kier molecular flexibility index (Phi) is 7.67. The van der Waals surface area contributed by atoms with Crippen LogP contribution in [-0.2, 0) is 4.79 Å². The molecule has 1 aromatic heterocycles. The maximum Gasteiger partial charge on any atom is 0.337 e. The molecule has 0 bridgehead atoms. The van der Waals surface area contributed by atoms with Crippen LogP contribution in [0.5, 0.6) is 5.75 Å². The zero-order valence-electron chi connectivity index (χ0n) is 18.4. The Morgan fingerprint density at radius 2 is 1.88 bits per heavy atom. The summed E-state index contributed by atoms with van der Waals surface area (Å²) in [6, 6.07) is 14.7. The Balaban J connectivity index is 1.47. The number of halogens is 1. The second-order valence-corrected chi connectivity index (χ2v) is 9.47. The number of H-pyrrole nitrogens is 1. The third-order valence-corrected chi connectivity index (χ3v) is 6.93. The molecule has 0 saturated heterocycles. The minimum absolute atomic E-state index is 0.190. The molecular weight excluding hydrogens is 458 g/mol. The van der Waals surface area contributed by atoms with Crippen LogP contribution < -0.4 is 9.99 Å². The fourth-order valence-corrected chi connectivity index (χ4v) is 4.91. The largest absolute Gasteiger partial charge is 0.508 e. The fraction of sp³-hybridized carbons (Fsp3) is 0.333. The zero-order valence-corrected chi connectivity index (χ0v) is 20.0. The predicted molar refractivity (Wildman–Crippen MR) is 131 cm³/mol. The highest BCUT2D eigenvalue weighted by Crippen LogP contribution is 2.29. The van der Waals surface area contributed by atoms with Crippen LogP contribution in [0.25, 0.3) is 11.4 Å². The molecule has 1 aliphatic rings. The molecule has 1 heterocycles. The lowest BCUT2D eigenvalue weighted by atomic mass is 9.95. The van der Waals surface area contributed by atoms with Crippen LogP contribution in [0.4, 0.5) is 0 Å². The predicted octanol–water partition coefficient (Wildman–Crippen LogP) is 4.86. The number of thioether (sulfide) groups is 1. The van der Waals surface area contributed by atoms with Gasteiger partial charge in [-0.05, 0) is 98.5 Å². The Hall–Kier alpha value is -2.84. The van der Waals surface area contributed by atoms with E-state index in [1.54, 1.807) is 24.3 Å². The quantitative estimate of drug-likeness (QED) is 0.193. The van der Waals surface area contributed by atoms with E-state index in [1.807, 2.05) is 31.2 Å². The first-order valence-electron chi connectivity index (χ1n) is 11.0. The lowest BCUT2D eigenvalue weighted by molar-refractivity contribution is -0.749. The fourth-order valence-electron chi connectivity index (χ4n) is 3.97. The van der Waals surface area contributed by atoms with Gasteiger partial charge in [-0.3, -0.25) is 4.79 Å². The van der Waals surface area contributed by atoms with Crippen molar-refractivity contribution in [1.29, 1.82) is 0 Å². The molecule has 0 radical (unpaired) electrons. The summed E-state index contributed by atoms with van der Waals surface area (Å²) in [5.41, 5.74) is 5.12. The van der Waals surface area contributed by atoms with E-state index >= 15 is 0 Å². The Labute approximate surface area is 202 Å². The molecular formula is C24H27ClN5O2S+. The Morgan fingerprint density at radius 1 is 1.18 bits per heavy atom. The van der Waals surface area contributed by atoms with Crippen molar-refractivity contribution in [3.8, 4) is 17.1 Å². The molecule has 33 heavy (non-hydrogen) atoms. The van der Waals surface area contributed by atoms with Crippen molar-refractivity contribution in [2.75, 3.05) is 5.75 Å². The van der Waals surface area contributed by atoms with Gasteiger partial charge in [0.05, 0.1) is 28.2 Å². The molecule has 1 aliphatic carbocycles. The molecule has 1 amide bonds. The standard InChI is InChI=1S/C24H26ClN5O2S/c1-16(17-9-13-21(31)14-10-17)26-27-22(32)15-33-24-29-28-23(18-7-11-19(25)12-8-18)30(24)20-5-3-2-4-6-20/h7-14,20H,2-6,15H2,1H3,(H2,26,27,31,32)/p+1. The molecule has 7 nitrogen and oxygen atoms in total. The van der Waals surface area contributed by atoms with Crippen molar-refractivity contribution in [1.82, 2.24) is 15.6 Å². The molecule has 0 aliphatic heterocycles. The van der Waals surface area contributed by atoms with Gasteiger partial charge in [-0.25, -0.2) is 9.99 Å². The van der Waals surface area contributed by atoms with Gasteiger partial charge < -0.3 is 5.11 Å². The molecule has 9 heteroatoms. The first kappa shape index (κ1) is 23.3. The SMILES string of the molecule is C/C(=N\NC(=O)CSc1n[nH]c(-c2ccc(Cl)cc2)[n+]1C1CCCCC1)c1ccc(O)cc1. The number of aromatic nitrogens is 3. The lowest BCUT2D eigenvalue weighted by Gasteiger charge is -2.21. The van der Waals surface area contributed by atoms with Crippen molar-refractivity contribution in [2.45, 2.75) is 50.2 Å². The number of nitrogens with zero attached hydrogens (tertiary/aromatic N) is 3. The van der Waals surface area contributed by atoms with Gasteiger partial charge in [-0.15, -0.1) is 5.10 Å². The normalized spacial score (nSPS) is 14.9. The van der Waals surface area contributed by atoms with Crippen molar-refractivity contribution < 1.29 is 14.5 Å². The van der Waals surface area contributed by atoms with Crippen LogP contribution in [-0.4, -0.2) is 32.7 Å². The van der Waals surface area contributed by atoms with E-state index in [0.717, 1.165) is 34.9 Å². The van der Waals surface area contributed by atoms with Gasteiger partial charge in [0, 0.05) is 5.02 Å². The summed E-state index contributed by atoms with van der Waals surface area (Å²) in [6.45, 7) is 1.81. The number of phenols is 1. The van der Waals surface area contributed by atoms with Crippen LogP contribution in [0.1, 0.15) is 50.6 Å². The number of carbonyl (C=O) groups excluding carboxylic acids is 1. The van der Waals surface area contributed by atoms with Crippen molar-refractivity contribution >= 4 is 35.0 Å². The monoisotopic (exact) mass is 484 g/mol. The van der Waals surface area contributed by atoms with Gasteiger partial charge in [-0.2, -0.15) is 5.10 Å². The third-order valence-electron chi connectivity index (χ3n) is 5.73. The van der Waals surface area contributed by atoms with E-state index in [1.165, 1.54) is 31.0 Å². The van der Waals surface area contributed by atoms with Crippen LogP contribution >= 0.6 is 23.4 Å². The number of rotatable bonds is 7. The number of carbonyl (C=O) groups is 1. The summed E-state index contributed by atoms with van der Waals surface area (Å²) < 4.78 is 2.24. The van der Waals surface area contributed by atoms with E-state index < -0.39 is 0 Å². The smallest absolute Gasteiger partial charge is 0.337 e. The average molecular weight is 485 g/mol. The number of benzene rings is 2. The molecule has 1 saturated carbocycles. The van der Waals surface area contributed by atoms with E-state index in [9.17, 15) is 9.90 Å². The molecule has 4 rings (SSSR count). The molecule has 0 atom stereocenters. The Bertz CT molecular complexity index is 1120. The van der Waals surface area contributed by atoms with Crippen molar-refractivity contribution in [3.63, 3.8) is 0 Å². The molecule has 172 valence electrons. The summed E-state index contributed by atoms with van der Waals surface area (Å²) >= 11 is 7.47. The van der Waals surface area contributed by atoms with Gasteiger partial charge in [0.2, 0.25) is 0 Å². The second kappa shape index (κ2) is 10.9. The maximum absolute atomic E-state index is 12.5. The molecule has 0 spiro atoms. The topological polar surface area (TPSA) is 94.2 Å². The van der Waals surface area contributed by atoms with Crippen molar-refractivity contribution in [2.24, 2.45) is 5.10 Å². The maximum atomic E-state index is 12.5. The number of hydrogen-bond acceptors (Lipinski definition) is 5. The second-order valence-electron chi connectivity index (χ2n) is 8.09. The van der Waals surface area contributed by atoms with E-state index in [4.69, 9.17) is 11.6 Å². The van der Waals surface area contributed by atoms with Gasteiger partial charge in [-0.1, -0.05) is 18.0 Å². The summed E-state index contributed by atoms with van der Waals surface area (Å²) in [5, 5.41) is 22.8. The number of amides is 1. The van der Waals surface area contributed by atoms with Gasteiger partial charge in [0.15, 0.2) is 0 Å². The highest BCUT2D eigenvalue weighted by atomic mass is 35.5. The molecule has 1 fully saturated rings. The summed E-state index contributed by atoms with van der Waals surface area (Å²) in [5.74, 6) is 1.12. The minimum Gasteiger partial charge on any atom is -0.508 e. The zero-order chi connectivity index (χ0) is 23.2. The average Bonchev–Trinajstić information content (AvgIpc) is 3.26.